The Balaban J connectivity index is 1.11. The van der Waals surface area contributed by atoms with Gasteiger partial charge in [0, 0.05) is 21.9 Å². The van der Waals surface area contributed by atoms with Crippen molar-refractivity contribution in [1.29, 1.82) is 0 Å². The number of fused-ring (bicyclic) bond motifs is 19. The maximum absolute atomic E-state index is 6.60. The highest BCUT2D eigenvalue weighted by atomic mass is 16.3. The van der Waals surface area contributed by atoms with Crippen molar-refractivity contribution in [3.8, 4) is 56.2 Å². The Hall–Kier alpha value is -8.14. The molecule has 1 atom stereocenters. The second-order valence-electron chi connectivity index (χ2n) is 16.7. The lowest BCUT2D eigenvalue weighted by molar-refractivity contribution is 0.669. The van der Waals surface area contributed by atoms with Crippen LogP contribution in [0.5, 0.6) is 0 Å². The summed E-state index contributed by atoms with van der Waals surface area (Å²) in [6.45, 7) is 0. The highest BCUT2D eigenvalue weighted by Crippen LogP contribution is 2.66. The molecule has 0 amide bonds. The fourth-order valence-electron chi connectivity index (χ4n) is 11.2. The Labute approximate surface area is 357 Å². The molecule has 286 valence electrons. The second-order valence-corrected chi connectivity index (χ2v) is 16.7. The van der Waals surface area contributed by atoms with E-state index >= 15 is 0 Å². The molecule has 1 unspecified atom stereocenters. The lowest BCUT2D eigenvalue weighted by atomic mass is 9.68. The van der Waals surface area contributed by atoms with Gasteiger partial charge < -0.3 is 4.42 Å². The molecular weight excluding hydrogens is 753 g/mol. The summed E-state index contributed by atoms with van der Waals surface area (Å²) in [5.41, 5.74) is 16.0. The van der Waals surface area contributed by atoms with Crippen molar-refractivity contribution < 1.29 is 4.42 Å². The van der Waals surface area contributed by atoms with Crippen LogP contribution in [0, 0.1) is 0 Å². The second kappa shape index (κ2) is 12.4. The van der Waals surface area contributed by atoms with E-state index in [2.05, 4.69) is 194 Å². The number of hydrogen-bond donors (Lipinski definition) is 0. The first-order chi connectivity index (χ1) is 30.8. The largest absolute Gasteiger partial charge is 0.455 e. The highest BCUT2D eigenvalue weighted by Gasteiger charge is 2.53. The van der Waals surface area contributed by atoms with Gasteiger partial charge in [0.2, 0.25) is 0 Å². The third kappa shape index (κ3) is 4.39. The SMILES string of the molecule is c1ccc(-c2cc(-c3cccc4c3-c3ccccc3C43c4cc5ccccc5cc4-c4c3c3ccccc3c3ccccc43)nc(-c3cccc4c3oc3ccccc34)n2)cc1. The molecule has 0 saturated carbocycles. The average Bonchev–Trinajstić information content (AvgIpc) is 3.98. The van der Waals surface area contributed by atoms with Gasteiger partial charge in [-0.15, -0.1) is 0 Å². The molecule has 2 aliphatic rings. The summed E-state index contributed by atoms with van der Waals surface area (Å²) in [4.78, 5) is 10.8. The van der Waals surface area contributed by atoms with E-state index < -0.39 is 5.41 Å². The number of furan rings is 1. The number of para-hydroxylation sites is 2. The maximum Gasteiger partial charge on any atom is 0.164 e. The summed E-state index contributed by atoms with van der Waals surface area (Å²) in [7, 11) is 0. The van der Waals surface area contributed by atoms with Crippen LogP contribution in [0.4, 0.5) is 0 Å². The van der Waals surface area contributed by atoms with E-state index in [0.29, 0.717) is 5.82 Å². The normalized spacial score (nSPS) is 14.8. The van der Waals surface area contributed by atoms with E-state index in [0.717, 1.165) is 50.0 Å². The first-order valence-electron chi connectivity index (χ1n) is 21.3. The van der Waals surface area contributed by atoms with Gasteiger partial charge in [-0.3, -0.25) is 0 Å². The molecule has 62 heavy (non-hydrogen) atoms. The van der Waals surface area contributed by atoms with Crippen molar-refractivity contribution in [1.82, 2.24) is 9.97 Å². The smallest absolute Gasteiger partial charge is 0.164 e. The van der Waals surface area contributed by atoms with Crippen LogP contribution in [0.2, 0.25) is 0 Å². The van der Waals surface area contributed by atoms with Crippen LogP contribution < -0.4 is 0 Å². The molecule has 0 saturated heterocycles. The molecule has 0 radical (unpaired) electrons. The van der Waals surface area contributed by atoms with E-state index in [4.69, 9.17) is 14.4 Å². The number of rotatable bonds is 3. The minimum atomic E-state index is -0.599. The quantitative estimate of drug-likeness (QED) is 0.167. The summed E-state index contributed by atoms with van der Waals surface area (Å²) < 4.78 is 6.60. The van der Waals surface area contributed by atoms with Gasteiger partial charge in [0.25, 0.3) is 0 Å². The molecule has 0 fully saturated rings. The van der Waals surface area contributed by atoms with Crippen LogP contribution >= 0.6 is 0 Å². The molecule has 0 N–H and O–H groups in total. The molecule has 2 aliphatic carbocycles. The van der Waals surface area contributed by atoms with Gasteiger partial charge in [0.15, 0.2) is 5.82 Å². The molecule has 14 rings (SSSR count). The minimum absolute atomic E-state index is 0.599. The van der Waals surface area contributed by atoms with Crippen LogP contribution in [-0.4, -0.2) is 9.97 Å². The van der Waals surface area contributed by atoms with E-state index in [1.165, 1.54) is 76.8 Å². The number of hydrogen-bond acceptors (Lipinski definition) is 3. The molecular formula is C59H34N2O. The van der Waals surface area contributed by atoms with Crippen molar-refractivity contribution in [2.75, 3.05) is 0 Å². The molecule has 0 aliphatic heterocycles. The van der Waals surface area contributed by atoms with Gasteiger partial charge in [0.05, 0.1) is 22.4 Å². The van der Waals surface area contributed by atoms with E-state index in [-0.39, 0.29) is 0 Å². The molecule has 3 nitrogen and oxygen atoms in total. The van der Waals surface area contributed by atoms with Crippen molar-refractivity contribution in [2.45, 2.75) is 5.41 Å². The Morgan fingerprint density at radius 1 is 0.355 bits per heavy atom. The van der Waals surface area contributed by atoms with Crippen molar-refractivity contribution in [2.24, 2.45) is 0 Å². The first-order valence-corrected chi connectivity index (χ1v) is 21.3. The van der Waals surface area contributed by atoms with Gasteiger partial charge in [-0.05, 0) is 107 Å². The summed E-state index contributed by atoms with van der Waals surface area (Å²) in [6.07, 6.45) is 0. The Bertz CT molecular complexity index is 3880. The standard InChI is InChI=1S/C59H34N2O/c1-2-16-35(17-3-1)51-34-52(61-58(60-51)46-28-14-26-43-40-22-11-13-31-53(40)62-57(43)46)45-27-15-30-49-54(45)44-25-10-12-29-48(44)59(49)50-33-37-19-5-4-18-36(37)32-47(50)55-41-23-8-6-20-38(41)39-21-7-9-24-42(39)56(55)59/h1-34H. The maximum atomic E-state index is 6.60. The fraction of sp³-hybridized carbons (Fsp3) is 0.0169. The third-order valence-electron chi connectivity index (χ3n) is 13.7. The zero-order chi connectivity index (χ0) is 40.5. The first kappa shape index (κ1) is 33.7. The van der Waals surface area contributed by atoms with Crippen LogP contribution in [0.3, 0.4) is 0 Å². The Morgan fingerprint density at radius 2 is 0.952 bits per heavy atom. The van der Waals surface area contributed by atoms with Crippen LogP contribution in [0.1, 0.15) is 22.3 Å². The van der Waals surface area contributed by atoms with Gasteiger partial charge in [-0.1, -0.05) is 176 Å². The van der Waals surface area contributed by atoms with Crippen LogP contribution in [0.15, 0.2) is 211 Å². The molecule has 3 heteroatoms. The number of aromatic nitrogens is 2. The number of nitrogens with zero attached hydrogens (tertiary/aromatic N) is 2. The summed E-state index contributed by atoms with van der Waals surface area (Å²) >= 11 is 0. The van der Waals surface area contributed by atoms with Gasteiger partial charge >= 0.3 is 0 Å². The topological polar surface area (TPSA) is 38.9 Å². The van der Waals surface area contributed by atoms with Crippen molar-refractivity contribution in [3.63, 3.8) is 0 Å². The summed E-state index contributed by atoms with van der Waals surface area (Å²) in [6, 6.07) is 74.9. The monoisotopic (exact) mass is 786 g/mol. The minimum Gasteiger partial charge on any atom is -0.455 e. The van der Waals surface area contributed by atoms with Gasteiger partial charge in [-0.2, -0.15) is 0 Å². The van der Waals surface area contributed by atoms with Gasteiger partial charge in [-0.25, -0.2) is 9.97 Å². The zero-order valence-electron chi connectivity index (χ0n) is 33.4. The Morgan fingerprint density at radius 3 is 1.81 bits per heavy atom. The average molecular weight is 787 g/mol. The summed E-state index contributed by atoms with van der Waals surface area (Å²) in [5.74, 6) is 0.630. The summed E-state index contributed by atoms with van der Waals surface area (Å²) in [5, 5.41) is 9.73. The predicted molar refractivity (Wildman–Crippen MR) is 254 cm³/mol. The predicted octanol–water partition coefficient (Wildman–Crippen LogP) is 15.2. The van der Waals surface area contributed by atoms with E-state index in [9.17, 15) is 0 Å². The zero-order valence-corrected chi connectivity index (χ0v) is 33.4. The molecule has 10 aromatic carbocycles. The molecule has 1 spiro atoms. The molecule has 2 heterocycles. The van der Waals surface area contributed by atoms with E-state index in [1.54, 1.807) is 0 Å². The number of benzene rings is 10. The van der Waals surface area contributed by atoms with E-state index in [1.807, 2.05) is 12.1 Å². The fourth-order valence-corrected chi connectivity index (χ4v) is 11.2. The molecule has 0 bridgehead atoms. The Kier molecular flexibility index (Phi) is 6.76. The van der Waals surface area contributed by atoms with Crippen molar-refractivity contribution >= 4 is 54.3 Å². The molecule has 12 aromatic rings. The third-order valence-corrected chi connectivity index (χ3v) is 13.7. The van der Waals surface area contributed by atoms with Crippen molar-refractivity contribution in [3.05, 3.63) is 229 Å². The van der Waals surface area contributed by atoms with Crippen LogP contribution in [-0.2, 0) is 5.41 Å². The lowest BCUT2D eigenvalue weighted by Crippen LogP contribution is -2.26. The van der Waals surface area contributed by atoms with Crippen LogP contribution in [0.25, 0.3) is 110 Å². The van der Waals surface area contributed by atoms with Gasteiger partial charge in [0.1, 0.15) is 11.2 Å². The molecule has 2 aromatic heterocycles. The lowest BCUT2D eigenvalue weighted by Gasteiger charge is -2.32. The highest BCUT2D eigenvalue weighted by molar-refractivity contribution is 6.21.